The van der Waals surface area contributed by atoms with Crippen molar-refractivity contribution in [3.63, 3.8) is 0 Å². The first-order valence-corrected chi connectivity index (χ1v) is 7.34. The number of hydrogen-bond donors (Lipinski definition) is 0. The van der Waals surface area contributed by atoms with Crippen molar-refractivity contribution in [2.24, 2.45) is 5.92 Å². The minimum atomic E-state index is 0.799. The fourth-order valence-corrected chi connectivity index (χ4v) is 3.58. The van der Waals surface area contributed by atoms with Crippen molar-refractivity contribution in [3.05, 3.63) is 12.7 Å². The molecule has 2 fully saturated rings. The normalized spacial score (nSPS) is 30.1. The molecule has 1 heterocycles. The van der Waals surface area contributed by atoms with Crippen LogP contribution in [0.15, 0.2) is 12.7 Å². The quantitative estimate of drug-likeness (QED) is 0.695. The van der Waals surface area contributed by atoms with Crippen molar-refractivity contribution in [2.45, 2.75) is 51.0 Å². The Morgan fingerprint density at radius 1 is 1.12 bits per heavy atom. The molecule has 1 atom stereocenters. The van der Waals surface area contributed by atoms with Crippen LogP contribution in [0.5, 0.6) is 0 Å². The van der Waals surface area contributed by atoms with E-state index in [0.717, 1.165) is 25.2 Å². The molecule has 0 aromatic carbocycles. The Hall–Kier alpha value is -0.340. The zero-order valence-corrected chi connectivity index (χ0v) is 11.4. The summed E-state index contributed by atoms with van der Waals surface area (Å²) in [6.07, 6.45) is 12.2. The zero-order chi connectivity index (χ0) is 12.1. The van der Waals surface area contributed by atoms with Crippen LogP contribution in [0.3, 0.4) is 0 Å². The second-order valence-electron chi connectivity index (χ2n) is 5.90. The number of rotatable bonds is 3. The minimum absolute atomic E-state index is 0.799. The number of nitrogens with zero attached hydrogens (tertiary/aromatic N) is 2. The van der Waals surface area contributed by atoms with Gasteiger partial charge in [0.2, 0.25) is 0 Å². The summed E-state index contributed by atoms with van der Waals surface area (Å²) in [6.45, 7) is 7.29. The molecule has 0 amide bonds. The zero-order valence-electron chi connectivity index (χ0n) is 11.4. The standard InChI is InChI=1S/C15H28N2/c1-3-11-17-12-15(16(2)13-17)14-9-7-5-4-6-8-10-14/h3,14-15H,1,4-13H2,2H3. The Bertz CT molecular complexity index is 231. The van der Waals surface area contributed by atoms with Crippen molar-refractivity contribution >= 4 is 0 Å². The van der Waals surface area contributed by atoms with Gasteiger partial charge in [0, 0.05) is 19.1 Å². The van der Waals surface area contributed by atoms with E-state index < -0.39 is 0 Å². The van der Waals surface area contributed by atoms with Gasteiger partial charge in [0.05, 0.1) is 6.67 Å². The summed E-state index contributed by atoms with van der Waals surface area (Å²) in [7, 11) is 2.30. The number of hydrogen-bond acceptors (Lipinski definition) is 2. The van der Waals surface area contributed by atoms with Crippen molar-refractivity contribution in [2.75, 3.05) is 26.8 Å². The molecule has 1 saturated carbocycles. The maximum Gasteiger partial charge on any atom is 0.0510 e. The molecule has 0 spiro atoms. The molecule has 0 aromatic rings. The van der Waals surface area contributed by atoms with Crippen LogP contribution in [0.25, 0.3) is 0 Å². The third kappa shape index (κ3) is 3.56. The minimum Gasteiger partial charge on any atom is -0.289 e. The van der Waals surface area contributed by atoms with Gasteiger partial charge in [-0.3, -0.25) is 9.80 Å². The van der Waals surface area contributed by atoms with E-state index in [4.69, 9.17) is 0 Å². The van der Waals surface area contributed by atoms with Crippen LogP contribution in [0.4, 0.5) is 0 Å². The smallest absolute Gasteiger partial charge is 0.0510 e. The van der Waals surface area contributed by atoms with Crippen molar-refractivity contribution in [1.29, 1.82) is 0 Å². The molecule has 0 aromatic heterocycles. The molecule has 0 bridgehead atoms. The van der Waals surface area contributed by atoms with Crippen molar-refractivity contribution in [3.8, 4) is 0 Å². The molecule has 1 saturated heterocycles. The largest absolute Gasteiger partial charge is 0.289 e. The molecule has 2 heteroatoms. The van der Waals surface area contributed by atoms with Gasteiger partial charge in [-0.05, 0) is 25.8 Å². The second-order valence-corrected chi connectivity index (χ2v) is 5.90. The first-order chi connectivity index (χ1) is 8.31. The molecule has 98 valence electrons. The molecule has 2 aliphatic rings. The first kappa shape index (κ1) is 13.1. The highest BCUT2D eigenvalue weighted by Gasteiger charge is 2.32. The molecule has 2 nitrogen and oxygen atoms in total. The van der Waals surface area contributed by atoms with Crippen LogP contribution in [0.1, 0.15) is 44.9 Å². The van der Waals surface area contributed by atoms with Crippen LogP contribution in [-0.4, -0.2) is 42.6 Å². The summed E-state index contributed by atoms with van der Waals surface area (Å²) < 4.78 is 0. The van der Waals surface area contributed by atoms with Gasteiger partial charge in [0.15, 0.2) is 0 Å². The van der Waals surface area contributed by atoms with Gasteiger partial charge in [-0.2, -0.15) is 0 Å². The van der Waals surface area contributed by atoms with Crippen molar-refractivity contribution < 1.29 is 0 Å². The van der Waals surface area contributed by atoms with Gasteiger partial charge in [0.1, 0.15) is 0 Å². The summed E-state index contributed by atoms with van der Waals surface area (Å²) in [6, 6.07) is 0.799. The van der Waals surface area contributed by atoms with Gasteiger partial charge in [0.25, 0.3) is 0 Å². The molecule has 17 heavy (non-hydrogen) atoms. The van der Waals surface area contributed by atoms with Gasteiger partial charge in [-0.25, -0.2) is 0 Å². The monoisotopic (exact) mass is 236 g/mol. The maximum atomic E-state index is 3.85. The summed E-state index contributed by atoms with van der Waals surface area (Å²) in [5.41, 5.74) is 0. The van der Waals surface area contributed by atoms with Gasteiger partial charge in [-0.1, -0.05) is 38.2 Å². The van der Waals surface area contributed by atoms with Crippen LogP contribution >= 0.6 is 0 Å². The van der Waals surface area contributed by atoms with Gasteiger partial charge in [-0.15, -0.1) is 6.58 Å². The average molecular weight is 236 g/mol. The van der Waals surface area contributed by atoms with Crippen LogP contribution in [0, 0.1) is 5.92 Å². The Labute approximate surface area is 107 Å². The van der Waals surface area contributed by atoms with Gasteiger partial charge < -0.3 is 0 Å². The highest BCUT2D eigenvalue weighted by Crippen LogP contribution is 2.29. The molecule has 0 radical (unpaired) electrons. The Balaban J connectivity index is 1.88. The lowest BCUT2D eigenvalue weighted by atomic mass is 9.85. The molecule has 0 N–H and O–H groups in total. The number of likely N-dealkylation sites (N-methyl/N-ethyl adjacent to an activating group) is 1. The second kappa shape index (κ2) is 6.55. The van der Waals surface area contributed by atoms with Crippen molar-refractivity contribution in [1.82, 2.24) is 9.80 Å². The molecular formula is C15H28N2. The third-order valence-electron chi connectivity index (χ3n) is 4.52. The topological polar surface area (TPSA) is 6.48 Å². The lowest BCUT2D eigenvalue weighted by molar-refractivity contribution is 0.200. The Kier molecular flexibility index (Phi) is 5.05. The lowest BCUT2D eigenvalue weighted by Crippen LogP contribution is -2.34. The average Bonchev–Trinajstić information content (AvgIpc) is 2.60. The molecule has 1 aliphatic heterocycles. The van der Waals surface area contributed by atoms with E-state index in [2.05, 4.69) is 23.4 Å². The predicted molar refractivity (Wildman–Crippen MR) is 74.0 cm³/mol. The van der Waals surface area contributed by atoms with E-state index in [1.807, 2.05) is 6.08 Å². The third-order valence-corrected chi connectivity index (χ3v) is 4.52. The van der Waals surface area contributed by atoms with E-state index in [-0.39, 0.29) is 0 Å². The summed E-state index contributed by atoms with van der Waals surface area (Å²) >= 11 is 0. The Morgan fingerprint density at radius 3 is 2.41 bits per heavy atom. The SMILES string of the molecule is C=CCN1CC(C2CCCCCCC2)N(C)C1. The maximum absolute atomic E-state index is 3.85. The molecular weight excluding hydrogens is 208 g/mol. The van der Waals surface area contributed by atoms with E-state index in [1.165, 1.54) is 51.5 Å². The fraction of sp³-hybridized carbons (Fsp3) is 0.867. The van der Waals surface area contributed by atoms with E-state index in [9.17, 15) is 0 Å². The fourth-order valence-electron chi connectivity index (χ4n) is 3.58. The molecule has 1 unspecified atom stereocenters. The summed E-state index contributed by atoms with van der Waals surface area (Å²) in [4.78, 5) is 5.09. The summed E-state index contributed by atoms with van der Waals surface area (Å²) in [5, 5.41) is 0. The van der Waals surface area contributed by atoms with E-state index in [1.54, 1.807) is 0 Å². The highest BCUT2D eigenvalue weighted by molar-refractivity contribution is 4.89. The van der Waals surface area contributed by atoms with Crippen LogP contribution in [-0.2, 0) is 0 Å². The first-order valence-electron chi connectivity index (χ1n) is 7.34. The molecule has 1 aliphatic carbocycles. The van der Waals surface area contributed by atoms with Gasteiger partial charge >= 0.3 is 0 Å². The lowest BCUT2D eigenvalue weighted by Gasteiger charge is -2.29. The highest BCUT2D eigenvalue weighted by atomic mass is 15.4. The predicted octanol–water partition coefficient (Wildman–Crippen LogP) is 3.11. The van der Waals surface area contributed by atoms with Crippen LogP contribution < -0.4 is 0 Å². The van der Waals surface area contributed by atoms with E-state index in [0.29, 0.717) is 0 Å². The Morgan fingerprint density at radius 2 is 1.76 bits per heavy atom. The van der Waals surface area contributed by atoms with Crippen LogP contribution in [0.2, 0.25) is 0 Å². The molecule has 2 rings (SSSR count). The van der Waals surface area contributed by atoms with E-state index >= 15 is 0 Å². The summed E-state index contributed by atoms with van der Waals surface area (Å²) in [5.74, 6) is 0.940.